The van der Waals surface area contributed by atoms with Gasteiger partial charge in [-0.3, -0.25) is 9.10 Å². The molecule has 1 amide bonds. The summed E-state index contributed by atoms with van der Waals surface area (Å²) in [6.45, 7) is 5.37. The van der Waals surface area contributed by atoms with Gasteiger partial charge in [0.15, 0.2) is 0 Å². The van der Waals surface area contributed by atoms with E-state index in [0.29, 0.717) is 10.7 Å². The van der Waals surface area contributed by atoms with Gasteiger partial charge < -0.3 is 4.57 Å². The van der Waals surface area contributed by atoms with E-state index < -0.39 is 15.9 Å². The third-order valence-electron chi connectivity index (χ3n) is 4.93. The van der Waals surface area contributed by atoms with E-state index in [4.69, 9.17) is 11.6 Å². The number of halogens is 1. The van der Waals surface area contributed by atoms with Crippen molar-refractivity contribution in [3.05, 3.63) is 82.1 Å². The molecular formula is C23H25ClN4O3S. The second kappa shape index (κ2) is 9.58. The monoisotopic (exact) mass is 472 g/mol. The van der Waals surface area contributed by atoms with Crippen LogP contribution < -0.4 is 9.73 Å². The highest BCUT2D eigenvalue weighted by Crippen LogP contribution is 2.25. The first-order valence-electron chi connectivity index (χ1n) is 9.88. The van der Waals surface area contributed by atoms with Crippen LogP contribution in [0.4, 0.5) is 5.69 Å². The van der Waals surface area contributed by atoms with Gasteiger partial charge in [-0.1, -0.05) is 35.9 Å². The molecule has 1 aromatic heterocycles. The highest BCUT2D eigenvalue weighted by atomic mass is 35.5. The molecule has 0 fully saturated rings. The second-order valence-electron chi connectivity index (χ2n) is 7.52. The number of aromatic nitrogens is 1. The lowest BCUT2D eigenvalue weighted by Crippen LogP contribution is -2.39. The minimum Gasteiger partial charge on any atom is -0.316 e. The van der Waals surface area contributed by atoms with E-state index in [2.05, 4.69) is 10.5 Å². The topological polar surface area (TPSA) is 83.8 Å². The van der Waals surface area contributed by atoms with Crippen LogP contribution in [0.3, 0.4) is 0 Å². The molecule has 3 aromatic rings. The Morgan fingerprint density at radius 2 is 1.84 bits per heavy atom. The van der Waals surface area contributed by atoms with Gasteiger partial charge >= 0.3 is 0 Å². The maximum atomic E-state index is 12.4. The van der Waals surface area contributed by atoms with Gasteiger partial charge in [-0.05, 0) is 56.7 Å². The molecule has 0 saturated carbocycles. The number of rotatable bonds is 7. The van der Waals surface area contributed by atoms with Crippen molar-refractivity contribution >= 4 is 39.4 Å². The van der Waals surface area contributed by atoms with Gasteiger partial charge in [0.2, 0.25) is 10.0 Å². The number of hydrogen-bond acceptors (Lipinski definition) is 4. The van der Waals surface area contributed by atoms with Crippen molar-refractivity contribution in [3.63, 3.8) is 0 Å². The largest absolute Gasteiger partial charge is 0.316 e. The van der Waals surface area contributed by atoms with Gasteiger partial charge in [0, 0.05) is 17.0 Å². The summed E-state index contributed by atoms with van der Waals surface area (Å²) in [5.74, 6) is -0.548. The first kappa shape index (κ1) is 23.6. The summed E-state index contributed by atoms with van der Waals surface area (Å²) in [4.78, 5) is 12.4. The fourth-order valence-corrected chi connectivity index (χ4v) is 4.51. The quantitative estimate of drug-likeness (QED) is 0.417. The van der Waals surface area contributed by atoms with Crippen molar-refractivity contribution in [2.75, 3.05) is 17.1 Å². The molecule has 32 heavy (non-hydrogen) atoms. The molecule has 3 rings (SSSR count). The molecule has 1 heterocycles. The van der Waals surface area contributed by atoms with Crippen LogP contribution in [0.25, 0.3) is 5.69 Å². The van der Waals surface area contributed by atoms with Crippen LogP contribution >= 0.6 is 11.6 Å². The fourth-order valence-electron chi connectivity index (χ4n) is 3.44. The van der Waals surface area contributed by atoms with Crippen LogP contribution in [0.5, 0.6) is 0 Å². The molecular weight excluding hydrogens is 448 g/mol. The van der Waals surface area contributed by atoms with Gasteiger partial charge in [0.1, 0.15) is 6.54 Å². The number of benzene rings is 2. The summed E-state index contributed by atoms with van der Waals surface area (Å²) in [6.07, 6.45) is 2.60. The van der Waals surface area contributed by atoms with Crippen LogP contribution in [0.2, 0.25) is 5.02 Å². The smallest absolute Gasteiger partial charge is 0.260 e. The molecule has 0 aliphatic carbocycles. The van der Waals surface area contributed by atoms with E-state index in [-0.39, 0.29) is 6.54 Å². The molecule has 1 N–H and O–H groups in total. The summed E-state index contributed by atoms with van der Waals surface area (Å²) in [6, 6.07) is 16.4. The summed E-state index contributed by atoms with van der Waals surface area (Å²) >= 11 is 6.34. The van der Waals surface area contributed by atoms with Crippen LogP contribution in [0.1, 0.15) is 22.5 Å². The molecule has 0 saturated heterocycles. The minimum absolute atomic E-state index is 0.377. The highest BCUT2D eigenvalue weighted by molar-refractivity contribution is 7.92. The maximum absolute atomic E-state index is 12.4. The number of anilines is 1. The lowest BCUT2D eigenvalue weighted by Gasteiger charge is -2.21. The van der Waals surface area contributed by atoms with Crippen molar-refractivity contribution in [3.8, 4) is 5.69 Å². The van der Waals surface area contributed by atoms with Crippen molar-refractivity contribution in [2.24, 2.45) is 5.10 Å². The number of sulfonamides is 1. The zero-order chi connectivity index (χ0) is 23.5. The molecule has 0 atom stereocenters. The van der Waals surface area contributed by atoms with E-state index in [0.717, 1.165) is 38.8 Å². The zero-order valence-corrected chi connectivity index (χ0v) is 19.9. The van der Waals surface area contributed by atoms with E-state index in [9.17, 15) is 13.2 Å². The number of hydrazone groups is 1. The number of nitrogens with zero attached hydrogens (tertiary/aromatic N) is 3. The van der Waals surface area contributed by atoms with E-state index in [1.807, 2.05) is 61.7 Å². The first-order chi connectivity index (χ1) is 15.1. The molecule has 0 unspecified atom stereocenters. The second-order valence-corrected chi connectivity index (χ2v) is 9.83. The first-order valence-corrected chi connectivity index (χ1v) is 12.1. The molecule has 0 bridgehead atoms. The Hall–Kier alpha value is -3.10. The summed E-state index contributed by atoms with van der Waals surface area (Å²) in [5.41, 5.74) is 7.27. The lowest BCUT2D eigenvalue weighted by atomic mass is 10.2. The van der Waals surface area contributed by atoms with Crippen LogP contribution in [0.15, 0.2) is 59.7 Å². The molecule has 2 aromatic carbocycles. The molecule has 0 radical (unpaired) electrons. The predicted molar refractivity (Wildman–Crippen MR) is 129 cm³/mol. The minimum atomic E-state index is -3.65. The average molecular weight is 473 g/mol. The summed E-state index contributed by atoms with van der Waals surface area (Å²) in [7, 11) is -3.65. The van der Waals surface area contributed by atoms with Gasteiger partial charge in [-0.15, -0.1) is 0 Å². The van der Waals surface area contributed by atoms with Crippen molar-refractivity contribution in [2.45, 2.75) is 20.8 Å². The van der Waals surface area contributed by atoms with Crippen molar-refractivity contribution in [1.29, 1.82) is 0 Å². The van der Waals surface area contributed by atoms with Gasteiger partial charge in [0.25, 0.3) is 5.91 Å². The van der Waals surface area contributed by atoms with Crippen molar-refractivity contribution in [1.82, 2.24) is 9.99 Å². The standard InChI is InChI=1S/C23H25ClN4O3S/c1-16-8-7-9-20(12-16)27(32(4,30)31)15-23(29)26-25-14-19-13-17(2)28(18(19)3)22-11-6-5-10-21(22)24/h5-14H,15H2,1-4H3,(H,26,29)/b25-14+. The predicted octanol–water partition coefficient (Wildman–Crippen LogP) is 3.97. The SMILES string of the molecule is Cc1cccc(N(CC(=O)N/N=C/c2cc(C)n(-c3ccccc3Cl)c2C)S(C)(=O)=O)c1. The Bertz CT molecular complexity index is 1280. The molecule has 0 aliphatic heterocycles. The van der Waals surface area contributed by atoms with Crippen molar-refractivity contribution < 1.29 is 13.2 Å². The Labute approximate surface area is 193 Å². The number of amides is 1. The number of carbonyl (C=O) groups is 1. The normalized spacial score (nSPS) is 11.7. The number of hydrogen-bond donors (Lipinski definition) is 1. The zero-order valence-electron chi connectivity index (χ0n) is 18.3. The molecule has 0 aliphatic rings. The highest BCUT2D eigenvalue weighted by Gasteiger charge is 2.20. The molecule has 0 spiro atoms. The number of carbonyl (C=O) groups excluding carboxylic acids is 1. The Kier molecular flexibility index (Phi) is 7.06. The average Bonchev–Trinajstić information content (AvgIpc) is 2.99. The lowest BCUT2D eigenvalue weighted by molar-refractivity contribution is -0.119. The van der Waals surface area contributed by atoms with E-state index >= 15 is 0 Å². The van der Waals surface area contributed by atoms with Gasteiger partial charge in [0.05, 0.1) is 28.9 Å². The summed E-state index contributed by atoms with van der Waals surface area (Å²) in [5, 5.41) is 4.65. The third-order valence-corrected chi connectivity index (χ3v) is 6.39. The number of aryl methyl sites for hydroxylation is 2. The van der Waals surface area contributed by atoms with Crippen LogP contribution in [0, 0.1) is 20.8 Å². The Morgan fingerprint density at radius 1 is 1.12 bits per heavy atom. The Balaban J connectivity index is 1.75. The Morgan fingerprint density at radius 3 is 2.50 bits per heavy atom. The van der Waals surface area contributed by atoms with Crippen LogP contribution in [-0.4, -0.2) is 37.9 Å². The van der Waals surface area contributed by atoms with E-state index in [1.165, 1.54) is 6.21 Å². The number of para-hydroxylation sites is 1. The molecule has 7 nitrogen and oxygen atoms in total. The summed E-state index contributed by atoms with van der Waals surface area (Å²) < 4.78 is 27.5. The van der Waals surface area contributed by atoms with Gasteiger partial charge in [-0.2, -0.15) is 5.10 Å². The molecule has 9 heteroatoms. The molecule has 168 valence electrons. The number of nitrogens with one attached hydrogen (secondary N) is 1. The maximum Gasteiger partial charge on any atom is 0.260 e. The van der Waals surface area contributed by atoms with E-state index in [1.54, 1.807) is 18.2 Å². The van der Waals surface area contributed by atoms with Crippen LogP contribution in [-0.2, 0) is 14.8 Å². The fraction of sp³-hybridized carbons (Fsp3) is 0.217. The third kappa shape index (κ3) is 5.38. The van der Waals surface area contributed by atoms with Gasteiger partial charge in [-0.25, -0.2) is 13.8 Å².